The summed E-state index contributed by atoms with van der Waals surface area (Å²) < 4.78 is 11.5. The number of benzene rings is 2. The molecule has 35 heavy (non-hydrogen) atoms. The van der Waals surface area contributed by atoms with Crippen molar-refractivity contribution in [3.63, 3.8) is 0 Å². The number of piperidine rings is 1. The summed E-state index contributed by atoms with van der Waals surface area (Å²) in [5.74, 6) is 1.69. The highest BCUT2D eigenvalue weighted by Gasteiger charge is 2.31. The zero-order chi connectivity index (χ0) is 24.0. The van der Waals surface area contributed by atoms with Crippen LogP contribution in [0.1, 0.15) is 47.5 Å². The Bertz CT molecular complexity index is 1310. The Morgan fingerprint density at radius 1 is 1.17 bits per heavy atom. The van der Waals surface area contributed by atoms with Crippen LogP contribution < -0.4 is 4.74 Å². The summed E-state index contributed by atoms with van der Waals surface area (Å²) in [5, 5.41) is 7.16. The zero-order valence-corrected chi connectivity index (χ0v) is 20.3. The summed E-state index contributed by atoms with van der Waals surface area (Å²) in [6.45, 7) is 3.05. The molecule has 0 aliphatic carbocycles. The van der Waals surface area contributed by atoms with Gasteiger partial charge in [-0.3, -0.25) is 4.79 Å². The number of hydrogen-bond acceptors (Lipinski definition) is 7. The van der Waals surface area contributed by atoms with Crippen molar-refractivity contribution in [1.82, 2.24) is 20.0 Å². The summed E-state index contributed by atoms with van der Waals surface area (Å²) >= 11 is 1.61. The van der Waals surface area contributed by atoms with Gasteiger partial charge in [-0.15, -0.1) is 11.3 Å². The maximum Gasteiger partial charge on any atom is 0.249 e. The molecule has 3 heterocycles. The van der Waals surface area contributed by atoms with Gasteiger partial charge in [0, 0.05) is 23.6 Å². The van der Waals surface area contributed by atoms with Crippen LogP contribution in [0, 0.1) is 6.92 Å². The smallest absolute Gasteiger partial charge is 0.249 e. The number of nitrogens with zero attached hydrogens (tertiary/aromatic N) is 4. The minimum absolute atomic E-state index is 0.0709. The van der Waals surface area contributed by atoms with Gasteiger partial charge in [0.25, 0.3) is 0 Å². The number of carbonyl (C=O) groups is 1. The van der Waals surface area contributed by atoms with Crippen molar-refractivity contribution in [2.45, 2.75) is 38.8 Å². The molecule has 0 spiro atoms. The third kappa shape index (κ3) is 5.66. The van der Waals surface area contributed by atoms with E-state index in [1.165, 1.54) is 0 Å². The van der Waals surface area contributed by atoms with Gasteiger partial charge >= 0.3 is 0 Å². The third-order valence-corrected chi connectivity index (χ3v) is 6.70. The molecule has 2 aromatic heterocycles. The highest BCUT2D eigenvalue weighted by atomic mass is 32.1. The molecule has 1 atom stereocenters. The lowest BCUT2D eigenvalue weighted by molar-refractivity contribution is -0.130. The van der Waals surface area contributed by atoms with Gasteiger partial charge in [0.15, 0.2) is 0 Å². The summed E-state index contributed by atoms with van der Waals surface area (Å²) in [5.41, 5.74) is 2.70. The molecule has 1 fully saturated rings. The number of aryl methyl sites for hydroxylation is 1. The molecule has 0 bridgehead atoms. The van der Waals surface area contributed by atoms with Crippen LogP contribution in [-0.4, -0.2) is 32.5 Å². The molecule has 8 heteroatoms. The third-order valence-electron chi connectivity index (χ3n) is 5.87. The van der Waals surface area contributed by atoms with Crippen LogP contribution >= 0.6 is 11.3 Å². The van der Waals surface area contributed by atoms with Gasteiger partial charge in [-0.2, -0.15) is 4.98 Å². The van der Waals surface area contributed by atoms with Gasteiger partial charge < -0.3 is 14.2 Å². The molecule has 1 aliphatic rings. The Morgan fingerprint density at radius 3 is 2.89 bits per heavy atom. The van der Waals surface area contributed by atoms with Crippen LogP contribution in [-0.2, 0) is 11.4 Å². The predicted octanol–water partition coefficient (Wildman–Crippen LogP) is 5.85. The molecule has 178 valence electrons. The molecule has 4 aromatic rings. The van der Waals surface area contributed by atoms with Crippen molar-refractivity contribution in [2.24, 2.45) is 0 Å². The van der Waals surface area contributed by atoms with Gasteiger partial charge in [-0.1, -0.05) is 47.6 Å². The SMILES string of the molecule is Cc1nc(COc2cccc(C=CC(=O)N3CCCCC3c3nc(-c4ccccc4)no3)c2)cs1. The Labute approximate surface area is 208 Å². The molecule has 1 unspecified atom stereocenters. The number of amides is 1. The van der Waals surface area contributed by atoms with Crippen LogP contribution in [0.5, 0.6) is 5.75 Å². The lowest BCUT2D eigenvalue weighted by Gasteiger charge is -2.32. The molecular weight excluding hydrogens is 460 g/mol. The first kappa shape index (κ1) is 23.0. The minimum atomic E-state index is -0.220. The monoisotopic (exact) mass is 486 g/mol. The highest BCUT2D eigenvalue weighted by Crippen LogP contribution is 2.31. The van der Waals surface area contributed by atoms with E-state index in [-0.39, 0.29) is 11.9 Å². The molecule has 1 amide bonds. The minimum Gasteiger partial charge on any atom is -0.487 e. The Morgan fingerprint density at radius 2 is 2.06 bits per heavy atom. The normalized spacial score (nSPS) is 16.0. The van der Waals surface area contributed by atoms with E-state index < -0.39 is 0 Å². The number of thiazole rings is 1. The van der Waals surface area contributed by atoms with E-state index in [0.717, 1.165) is 46.8 Å². The van der Waals surface area contributed by atoms with E-state index in [2.05, 4.69) is 15.1 Å². The molecular formula is C27H26N4O3S. The summed E-state index contributed by atoms with van der Waals surface area (Å²) in [4.78, 5) is 24.0. The fourth-order valence-electron chi connectivity index (χ4n) is 4.13. The maximum atomic E-state index is 13.1. The number of carbonyl (C=O) groups excluding carboxylic acids is 1. The molecule has 1 saturated heterocycles. The lowest BCUT2D eigenvalue weighted by atomic mass is 10.0. The van der Waals surface area contributed by atoms with Crippen molar-refractivity contribution in [3.05, 3.63) is 88.2 Å². The first-order valence-electron chi connectivity index (χ1n) is 11.7. The average Bonchev–Trinajstić information content (AvgIpc) is 3.56. The second kappa shape index (κ2) is 10.7. The van der Waals surface area contributed by atoms with Crippen molar-refractivity contribution in [1.29, 1.82) is 0 Å². The molecule has 0 radical (unpaired) electrons. The second-order valence-corrected chi connectivity index (χ2v) is 9.48. The standard InChI is InChI=1S/C27H26N4O3S/c1-19-28-22(18-35-19)17-33-23-11-7-8-20(16-23)13-14-25(32)31-15-6-5-12-24(31)27-29-26(30-34-27)21-9-3-2-4-10-21/h2-4,7-11,13-14,16,18,24H,5-6,12,15,17H2,1H3. The van der Waals surface area contributed by atoms with Crippen LogP contribution in [0.4, 0.5) is 0 Å². The number of likely N-dealkylation sites (tertiary alicyclic amines) is 1. The number of aromatic nitrogens is 3. The quantitative estimate of drug-likeness (QED) is 0.305. The van der Waals surface area contributed by atoms with Gasteiger partial charge in [0.2, 0.25) is 17.6 Å². The summed E-state index contributed by atoms with van der Waals surface area (Å²) in [7, 11) is 0. The van der Waals surface area contributed by atoms with Crippen LogP contribution in [0.3, 0.4) is 0 Å². The van der Waals surface area contributed by atoms with Crippen molar-refractivity contribution < 1.29 is 14.1 Å². The molecule has 0 N–H and O–H groups in total. The van der Waals surface area contributed by atoms with E-state index in [4.69, 9.17) is 9.26 Å². The van der Waals surface area contributed by atoms with Crippen molar-refractivity contribution >= 4 is 23.3 Å². The number of rotatable bonds is 7. The van der Waals surface area contributed by atoms with Crippen LogP contribution in [0.15, 0.2) is 70.6 Å². The molecule has 7 nitrogen and oxygen atoms in total. The zero-order valence-electron chi connectivity index (χ0n) is 19.5. The molecule has 5 rings (SSSR count). The Balaban J connectivity index is 1.26. The fourth-order valence-corrected chi connectivity index (χ4v) is 4.73. The van der Waals surface area contributed by atoms with Crippen molar-refractivity contribution in [3.8, 4) is 17.1 Å². The molecule has 0 saturated carbocycles. The second-order valence-electron chi connectivity index (χ2n) is 8.42. The summed E-state index contributed by atoms with van der Waals surface area (Å²) in [6.07, 6.45) is 6.19. The lowest BCUT2D eigenvalue weighted by Crippen LogP contribution is -2.37. The van der Waals surface area contributed by atoms with Gasteiger partial charge in [0.05, 0.1) is 10.7 Å². The Kier molecular flexibility index (Phi) is 6.99. The Hall–Kier alpha value is -3.78. The topological polar surface area (TPSA) is 81.4 Å². The first-order valence-corrected chi connectivity index (χ1v) is 12.6. The largest absolute Gasteiger partial charge is 0.487 e. The van der Waals surface area contributed by atoms with Gasteiger partial charge in [0.1, 0.15) is 18.4 Å². The maximum absolute atomic E-state index is 13.1. The average molecular weight is 487 g/mol. The van der Waals surface area contributed by atoms with E-state index in [1.807, 2.05) is 77.9 Å². The molecule has 2 aromatic carbocycles. The predicted molar refractivity (Wildman–Crippen MR) is 135 cm³/mol. The number of hydrogen-bond donors (Lipinski definition) is 0. The van der Waals surface area contributed by atoms with Gasteiger partial charge in [-0.05, 0) is 50.0 Å². The van der Waals surface area contributed by atoms with E-state index >= 15 is 0 Å². The molecule has 1 aliphatic heterocycles. The van der Waals surface area contributed by atoms with Gasteiger partial charge in [-0.25, -0.2) is 4.98 Å². The van der Waals surface area contributed by atoms with Crippen LogP contribution in [0.25, 0.3) is 17.5 Å². The van der Waals surface area contributed by atoms with Crippen molar-refractivity contribution in [2.75, 3.05) is 6.54 Å². The fraction of sp³-hybridized carbons (Fsp3) is 0.259. The summed E-state index contributed by atoms with van der Waals surface area (Å²) in [6, 6.07) is 17.2. The van der Waals surface area contributed by atoms with E-state index in [0.29, 0.717) is 24.9 Å². The number of ether oxygens (including phenoxy) is 1. The van der Waals surface area contributed by atoms with E-state index in [1.54, 1.807) is 17.4 Å². The highest BCUT2D eigenvalue weighted by molar-refractivity contribution is 7.09. The first-order chi connectivity index (χ1) is 17.2. The van der Waals surface area contributed by atoms with E-state index in [9.17, 15) is 4.79 Å². The van der Waals surface area contributed by atoms with Crippen LogP contribution in [0.2, 0.25) is 0 Å².